The van der Waals surface area contributed by atoms with E-state index in [9.17, 15) is 23.5 Å². The Bertz CT molecular complexity index is 1320. The smallest absolute Gasteiger partial charge is 0.300 e. The monoisotopic (exact) mass is 496 g/mol. The molecule has 1 saturated heterocycles. The topological polar surface area (TPSA) is 60.9 Å². The van der Waals surface area contributed by atoms with Crippen LogP contribution in [0.25, 0.3) is 5.76 Å². The van der Waals surface area contributed by atoms with Gasteiger partial charge < -0.3 is 10.0 Å². The van der Waals surface area contributed by atoms with Crippen molar-refractivity contribution in [1.29, 1.82) is 0 Å². The van der Waals surface area contributed by atoms with Gasteiger partial charge >= 0.3 is 0 Å². The van der Waals surface area contributed by atoms with E-state index < -0.39 is 35.1 Å². The van der Waals surface area contributed by atoms with Crippen LogP contribution in [0.5, 0.6) is 0 Å². The molecule has 1 N–H and O–H groups in total. The molecule has 3 aromatic carbocycles. The van der Waals surface area contributed by atoms with Crippen LogP contribution in [-0.4, -0.2) is 29.9 Å². The highest BCUT2D eigenvalue weighted by atomic mass is 35.5. The number of aliphatic hydroxyl groups is 1. The molecule has 1 aliphatic rings. The first kappa shape index (κ1) is 24.4. The van der Waals surface area contributed by atoms with Crippen molar-refractivity contribution >= 4 is 40.4 Å². The normalized spacial score (nSPS) is 17.2. The van der Waals surface area contributed by atoms with E-state index in [1.54, 1.807) is 30.3 Å². The van der Waals surface area contributed by atoms with Crippen molar-refractivity contribution in [3.63, 3.8) is 0 Å². The molecule has 3 aromatic rings. The average Bonchev–Trinajstić information content (AvgIpc) is 3.12. The fourth-order valence-corrected chi connectivity index (χ4v) is 4.49. The van der Waals surface area contributed by atoms with E-state index in [2.05, 4.69) is 4.90 Å². The molecule has 1 unspecified atom stereocenters. The first-order chi connectivity index (χ1) is 16.8. The number of carbonyl (C=O) groups is 2. The molecule has 180 valence electrons. The van der Waals surface area contributed by atoms with Crippen LogP contribution in [0, 0.1) is 11.6 Å². The second-order valence-electron chi connectivity index (χ2n) is 8.04. The third kappa shape index (κ3) is 4.51. The van der Waals surface area contributed by atoms with Crippen LogP contribution in [0.15, 0.2) is 72.3 Å². The number of amides is 1. The molecule has 1 fully saturated rings. The number of carbonyl (C=O) groups excluding carboxylic acids is 2. The first-order valence-corrected chi connectivity index (χ1v) is 11.5. The van der Waals surface area contributed by atoms with Crippen molar-refractivity contribution in [2.24, 2.45) is 0 Å². The lowest BCUT2D eigenvalue weighted by molar-refractivity contribution is -0.132. The number of Topliss-reactive ketones (excluding diaryl/α,β-unsaturated/α-hetero) is 1. The second-order valence-corrected chi connectivity index (χ2v) is 8.48. The predicted octanol–water partition coefficient (Wildman–Crippen LogP) is 6.09. The van der Waals surface area contributed by atoms with Gasteiger partial charge in [0.15, 0.2) is 11.6 Å². The quantitative estimate of drug-likeness (QED) is 0.255. The Labute approximate surface area is 206 Å². The maximum absolute atomic E-state index is 14.1. The van der Waals surface area contributed by atoms with Gasteiger partial charge in [-0.15, -0.1) is 0 Å². The zero-order chi connectivity index (χ0) is 25.3. The summed E-state index contributed by atoms with van der Waals surface area (Å²) in [4.78, 5) is 29.5. The molecule has 5 nitrogen and oxygen atoms in total. The van der Waals surface area contributed by atoms with Gasteiger partial charge in [0.05, 0.1) is 11.6 Å². The summed E-state index contributed by atoms with van der Waals surface area (Å²) in [5.74, 6) is -4.55. The van der Waals surface area contributed by atoms with Gasteiger partial charge in [0.25, 0.3) is 11.7 Å². The van der Waals surface area contributed by atoms with Crippen LogP contribution in [0.3, 0.4) is 0 Å². The van der Waals surface area contributed by atoms with Gasteiger partial charge in [-0.25, -0.2) is 8.78 Å². The molecule has 8 heteroatoms. The van der Waals surface area contributed by atoms with Crippen LogP contribution in [0.2, 0.25) is 5.02 Å². The lowest BCUT2D eigenvalue weighted by Gasteiger charge is -2.27. The average molecular weight is 497 g/mol. The summed E-state index contributed by atoms with van der Waals surface area (Å²) in [5, 5.41) is 11.5. The highest BCUT2D eigenvalue weighted by Gasteiger charge is 2.47. The summed E-state index contributed by atoms with van der Waals surface area (Å²) in [6, 6.07) is 15.4. The van der Waals surface area contributed by atoms with Crippen LogP contribution in [-0.2, 0) is 9.59 Å². The first-order valence-electron chi connectivity index (χ1n) is 11.1. The third-order valence-corrected chi connectivity index (χ3v) is 6.30. The van der Waals surface area contributed by atoms with E-state index in [-0.39, 0.29) is 16.8 Å². The molecule has 1 amide bonds. The van der Waals surface area contributed by atoms with E-state index in [4.69, 9.17) is 11.6 Å². The fraction of sp³-hybridized carbons (Fsp3) is 0.185. The summed E-state index contributed by atoms with van der Waals surface area (Å²) in [6.07, 6.45) is 0. The molecule has 0 saturated carbocycles. The number of aliphatic hydroxyl groups excluding tert-OH is 1. The fourth-order valence-electron chi connectivity index (χ4n) is 4.30. The molecule has 0 radical (unpaired) electrons. The number of halogens is 3. The number of nitrogens with zero attached hydrogens (tertiary/aromatic N) is 2. The molecule has 1 heterocycles. The van der Waals surface area contributed by atoms with Crippen molar-refractivity contribution in [3.8, 4) is 0 Å². The molecule has 0 aliphatic carbocycles. The largest absolute Gasteiger partial charge is 0.507 e. The van der Waals surface area contributed by atoms with Crippen LogP contribution in [0.1, 0.15) is 31.0 Å². The van der Waals surface area contributed by atoms with Crippen LogP contribution >= 0.6 is 11.6 Å². The van der Waals surface area contributed by atoms with Crippen LogP contribution < -0.4 is 9.80 Å². The summed E-state index contributed by atoms with van der Waals surface area (Å²) < 4.78 is 27.7. The van der Waals surface area contributed by atoms with Gasteiger partial charge in [0.2, 0.25) is 0 Å². The van der Waals surface area contributed by atoms with Crippen molar-refractivity contribution in [2.75, 3.05) is 22.9 Å². The Balaban J connectivity index is 1.91. The maximum Gasteiger partial charge on any atom is 0.300 e. The minimum atomic E-state index is -1.16. The molecular formula is C27H23ClF2N2O3. The summed E-state index contributed by atoms with van der Waals surface area (Å²) in [6.45, 7) is 5.64. The third-order valence-electron chi connectivity index (χ3n) is 6.06. The van der Waals surface area contributed by atoms with Gasteiger partial charge in [-0.2, -0.15) is 0 Å². The van der Waals surface area contributed by atoms with Crippen molar-refractivity contribution in [1.82, 2.24) is 0 Å². The zero-order valence-electron chi connectivity index (χ0n) is 19.1. The minimum absolute atomic E-state index is 0.00559. The number of hydrogen-bond donors (Lipinski definition) is 1. The SMILES string of the molecule is CCN(CC)c1ccc(C2/C(=C(\O)c3cccc(Cl)c3)C(=O)C(=O)N2c2ccc(F)c(F)c2)cc1. The molecule has 1 aliphatic heterocycles. The van der Waals surface area contributed by atoms with Crippen LogP contribution in [0.4, 0.5) is 20.2 Å². The summed E-state index contributed by atoms with van der Waals surface area (Å²) in [7, 11) is 0. The highest BCUT2D eigenvalue weighted by molar-refractivity contribution is 6.51. The van der Waals surface area contributed by atoms with E-state index in [1.165, 1.54) is 12.1 Å². The Morgan fingerprint density at radius 1 is 0.971 bits per heavy atom. The van der Waals surface area contributed by atoms with Gasteiger partial charge in [0, 0.05) is 41.1 Å². The molecule has 0 aromatic heterocycles. The maximum atomic E-state index is 14.1. The van der Waals surface area contributed by atoms with E-state index in [1.807, 2.05) is 26.0 Å². The number of ketones is 1. The standard InChI is InChI=1S/C27H23ClF2N2O3/c1-3-31(4-2)19-10-8-16(9-11-19)24-23(25(33)17-6-5-7-18(28)14-17)26(34)27(35)32(24)20-12-13-21(29)22(30)15-20/h5-15,24,33H,3-4H2,1-2H3/b25-23+. The molecule has 1 atom stereocenters. The van der Waals surface area contributed by atoms with E-state index in [0.717, 1.165) is 35.8 Å². The lowest BCUT2D eigenvalue weighted by atomic mass is 9.95. The predicted molar refractivity (Wildman–Crippen MR) is 133 cm³/mol. The zero-order valence-corrected chi connectivity index (χ0v) is 19.9. The Hall–Kier alpha value is -3.71. The number of anilines is 2. The Kier molecular flexibility index (Phi) is 6.89. The summed E-state index contributed by atoms with van der Waals surface area (Å²) >= 11 is 6.07. The van der Waals surface area contributed by atoms with Gasteiger partial charge in [-0.1, -0.05) is 35.9 Å². The highest BCUT2D eigenvalue weighted by Crippen LogP contribution is 2.43. The van der Waals surface area contributed by atoms with E-state index in [0.29, 0.717) is 10.6 Å². The Morgan fingerprint density at radius 2 is 1.66 bits per heavy atom. The van der Waals surface area contributed by atoms with Gasteiger partial charge in [0.1, 0.15) is 5.76 Å². The minimum Gasteiger partial charge on any atom is -0.507 e. The van der Waals surface area contributed by atoms with Gasteiger partial charge in [-0.05, 0) is 55.8 Å². The molecule has 0 spiro atoms. The van der Waals surface area contributed by atoms with E-state index >= 15 is 0 Å². The van der Waals surface area contributed by atoms with Crippen molar-refractivity contribution in [2.45, 2.75) is 19.9 Å². The van der Waals surface area contributed by atoms with Crippen molar-refractivity contribution in [3.05, 3.63) is 100 Å². The number of rotatable bonds is 6. The van der Waals surface area contributed by atoms with Crippen molar-refractivity contribution < 1.29 is 23.5 Å². The Morgan fingerprint density at radius 3 is 2.26 bits per heavy atom. The second kappa shape index (κ2) is 9.88. The summed E-state index contributed by atoms with van der Waals surface area (Å²) in [5.41, 5.74) is 1.55. The molecule has 4 rings (SSSR count). The number of hydrogen-bond acceptors (Lipinski definition) is 4. The molecular weight excluding hydrogens is 474 g/mol. The molecule has 35 heavy (non-hydrogen) atoms. The lowest BCUT2D eigenvalue weighted by Crippen LogP contribution is -2.29. The number of benzene rings is 3. The molecule has 0 bridgehead atoms. The van der Waals surface area contributed by atoms with Gasteiger partial charge in [-0.3, -0.25) is 14.5 Å².